The van der Waals surface area contributed by atoms with Crippen LogP contribution < -0.4 is 22.5 Å². The highest BCUT2D eigenvalue weighted by Gasteiger charge is 2.66. The number of nitrogens with two attached hydrogens (primary N) is 3. The number of likely N-dealkylation sites (tertiary alicyclic amines) is 1. The van der Waals surface area contributed by atoms with Gasteiger partial charge in [-0.05, 0) is 18.9 Å². The number of β-lactam (4-membered cyclic amide) rings is 1. The van der Waals surface area contributed by atoms with Gasteiger partial charge >= 0.3 is 0 Å². The van der Waals surface area contributed by atoms with E-state index in [0.29, 0.717) is 19.4 Å². The largest absolute Gasteiger partial charge is 0.370 e. The lowest BCUT2D eigenvalue weighted by molar-refractivity contribution is -0.153. The molecule has 4 amide bonds. The smallest absolute Gasteiger partial charge is 0.248 e. The van der Waals surface area contributed by atoms with Crippen LogP contribution in [0.4, 0.5) is 0 Å². The molecule has 0 bridgehead atoms. The molecule has 2 heterocycles. The summed E-state index contributed by atoms with van der Waals surface area (Å²) in [5.74, 6) is -1.29. The minimum atomic E-state index is -0.943. The molecule has 3 rings (SSSR count). The lowest BCUT2D eigenvalue weighted by Crippen LogP contribution is -2.72. The summed E-state index contributed by atoms with van der Waals surface area (Å²) in [4.78, 5) is 46.3. The van der Waals surface area contributed by atoms with Crippen LogP contribution in [0.5, 0.6) is 0 Å². The van der Waals surface area contributed by atoms with Gasteiger partial charge in [-0.2, -0.15) is 5.26 Å². The van der Waals surface area contributed by atoms with Crippen LogP contribution in [0.2, 0.25) is 0 Å². The molecule has 2 aliphatic heterocycles. The molecule has 1 aromatic carbocycles. The number of amides is 4. The lowest BCUT2D eigenvalue weighted by Gasteiger charge is -2.45. The van der Waals surface area contributed by atoms with Gasteiger partial charge in [-0.3, -0.25) is 19.2 Å². The van der Waals surface area contributed by atoms with E-state index in [4.69, 9.17) is 17.2 Å². The highest BCUT2D eigenvalue weighted by atomic mass is 16.2. The minimum absolute atomic E-state index is 0.181. The fraction of sp³-hybridized carbons (Fsp3) is 0.476. The van der Waals surface area contributed by atoms with Crippen molar-refractivity contribution < 1.29 is 19.2 Å². The molecule has 0 aromatic heterocycles. The molecule has 7 N–H and O–H groups in total. The van der Waals surface area contributed by atoms with Crippen molar-refractivity contribution in [2.24, 2.45) is 22.6 Å². The molecule has 10 nitrogen and oxygen atoms in total. The molecule has 3 unspecified atom stereocenters. The van der Waals surface area contributed by atoms with Crippen molar-refractivity contribution in [1.82, 2.24) is 10.2 Å². The Balaban J connectivity index is 0.000000323. The van der Waals surface area contributed by atoms with Crippen LogP contribution in [0, 0.1) is 16.7 Å². The van der Waals surface area contributed by atoms with Gasteiger partial charge < -0.3 is 27.4 Å². The maximum absolute atomic E-state index is 12.5. The van der Waals surface area contributed by atoms with E-state index in [2.05, 4.69) is 11.4 Å². The van der Waals surface area contributed by atoms with Crippen molar-refractivity contribution in [3.63, 3.8) is 0 Å². The number of carbonyl (C=O) groups excluding carboxylic acids is 4. The average molecular weight is 428 g/mol. The van der Waals surface area contributed by atoms with E-state index < -0.39 is 28.8 Å². The second-order valence-electron chi connectivity index (χ2n) is 7.99. The Kier molecular flexibility index (Phi) is 7.36. The number of nitrogens with zero attached hydrogens (tertiary/aromatic N) is 2. The van der Waals surface area contributed by atoms with E-state index in [9.17, 15) is 24.4 Å². The third-order valence-corrected chi connectivity index (χ3v) is 5.61. The van der Waals surface area contributed by atoms with Gasteiger partial charge in [0.15, 0.2) is 0 Å². The number of hydrogen-bond acceptors (Lipinski definition) is 6. The summed E-state index contributed by atoms with van der Waals surface area (Å²) < 4.78 is 0. The zero-order valence-corrected chi connectivity index (χ0v) is 17.5. The first-order chi connectivity index (χ1) is 14.6. The third kappa shape index (κ3) is 4.83. The van der Waals surface area contributed by atoms with Gasteiger partial charge in [-0.15, -0.1) is 0 Å². The molecule has 3 atom stereocenters. The van der Waals surface area contributed by atoms with Gasteiger partial charge in [-0.1, -0.05) is 30.3 Å². The van der Waals surface area contributed by atoms with Gasteiger partial charge in [0.2, 0.25) is 23.6 Å². The van der Waals surface area contributed by atoms with Gasteiger partial charge in [0, 0.05) is 19.3 Å². The lowest BCUT2D eigenvalue weighted by atomic mass is 9.75. The normalized spacial score (nSPS) is 26.2. The number of nitrogens with one attached hydrogen (secondary N) is 1. The third-order valence-electron chi connectivity index (χ3n) is 5.61. The molecule has 2 fully saturated rings. The quantitative estimate of drug-likeness (QED) is 0.440. The second kappa shape index (κ2) is 9.57. The van der Waals surface area contributed by atoms with Crippen molar-refractivity contribution >= 4 is 23.6 Å². The topological polar surface area (TPSA) is 185 Å². The van der Waals surface area contributed by atoms with E-state index in [1.807, 2.05) is 37.3 Å². The van der Waals surface area contributed by atoms with Crippen LogP contribution in [0.1, 0.15) is 44.2 Å². The van der Waals surface area contributed by atoms with Crippen LogP contribution in [0.3, 0.4) is 0 Å². The van der Waals surface area contributed by atoms with Crippen LogP contribution in [-0.2, 0) is 19.2 Å². The predicted molar refractivity (Wildman–Crippen MR) is 111 cm³/mol. The molecule has 10 heteroatoms. The maximum atomic E-state index is 12.5. The highest BCUT2D eigenvalue weighted by Crippen LogP contribution is 2.55. The van der Waals surface area contributed by atoms with Gasteiger partial charge in [0.1, 0.15) is 5.54 Å². The first-order valence-corrected chi connectivity index (χ1v) is 9.94. The number of benzene rings is 1. The Labute approximate surface area is 180 Å². The molecule has 1 aromatic rings. The Morgan fingerprint density at radius 3 is 2.16 bits per heavy atom. The Bertz CT molecular complexity index is 885. The zero-order valence-electron chi connectivity index (χ0n) is 17.5. The van der Waals surface area contributed by atoms with Crippen molar-refractivity contribution in [3.8, 4) is 6.07 Å². The zero-order chi connectivity index (χ0) is 23.2. The van der Waals surface area contributed by atoms with Gasteiger partial charge in [-0.25, -0.2) is 0 Å². The monoisotopic (exact) mass is 428 g/mol. The summed E-state index contributed by atoms with van der Waals surface area (Å²) >= 11 is 0. The Hall–Kier alpha value is -3.45. The van der Waals surface area contributed by atoms with Crippen molar-refractivity contribution in [2.45, 2.75) is 44.2 Å². The average Bonchev–Trinajstić information content (AvgIpc) is 3.05. The first-order valence-electron chi connectivity index (χ1n) is 9.94. The predicted octanol–water partition coefficient (Wildman–Crippen LogP) is -0.556. The van der Waals surface area contributed by atoms with Crippen LogP contribution in [0.25, 0.3) is 0 Å². The van der Waals surface area contributed by atoms with Crippen molar-refractivity contribution in [2.75, 3.05) is 13.1 Å². The summed E-state index contributed by atoms with van der Waals surface area (Å²) in [6.07, 6.45) is 1.27. The standard InChI is InChI=1S/C16H18N4O2.C5H10N2O2/c1-15(9-18)8-16(10-19-14(16)22)20(12(21)7-17)13(15)11-5-3-2-4-6-11;6-4(8)2-1-3-5(7)9/h2-6,13H,7-8,10,17H2,1H3,(H,19,22);1-3H2,(H2,6,8)(H2,7,9). The summed E-state index contributed by atoms with van der Waals surface area (Å²) in [5, 5.41) is 12.4. The minimum Gasteiger partial charge on any atom is -0.370 e. The summed E-state index contributed by atoms with van der Waals surface area (Å²) in [7, 11) is 0. The number of hydrogen-bond donors (Lipinski definition) is 4. The Morgan fingerprint density at radius 1 is 1.19 bits per heavy atom. The van der Waals surface area contributed by atoms with Crippen molar-refractivity contribution in [3.05, 3.63) is 35.9 Å². The maximum Gasteiger partial charge on any atom is 0.248 e. The van der Waals surface area contributed by atoms with E-state index in [1.165, 1.54) is 0 Å². The SMILES string of the molecule is CC1(C#N)CC2(CNC2=O)N(C(=O)CN)C1c1ccccc1.NC(=O)CCCC(N)=O. The number of carbonyl (C=O) groups is 4. The molecule has 2 aliphatic rings. The van der Waals surface area contributed by atoms with Crippen LogP contribution >= 0.6 is 0 Å². The first kappa shape index (κ1) is 23.8. The van der Waals surface area contributed by atoms with Crippen LogP contribution in [-0.4, -0.2) is 47.2 Å². The van der Waals surface area contributed by atoms with Gasteiger partial charge in [0.25, 0.3) is 0 Å². The molecule has 2 saturated heterocycles. The molecular formula is C21H28N6O4. The molecule has 0 aliphatic carbocycles. The summed E-state index contributed by atoms with van der Waals surface area (Å²) in [6.45, 7) is 2.00. The highest BCUT2D eigenvalue weighted by molar-refractivity contribution is 5.98. The number of rotatable bonds is 6. The Morgan fingerprint density at radius 2 is 1.77 bits per heavy atom. The molecule has 166 valence electrons. The second-order valence-corrected chi connectivity index (χ2v) is 7.99. The fourth-order valence-electron chi connectivity index (χ4n) is 4.19. The van der Waals surface area contributed by atoms with Crippen molar-refractivity contribution in [1.29, 1.82) is 5.26 Å². The molecule has 0 saturated carbocycles. The molecule has 31 heavy (non-hydrogen) atoms. The summed E-state index contributed by atoms with van der Waals surface area (Å²) in [5.41, 5.74) is 14.2. The molecule has 0 radical (unpaired) electrons. The van der Waals surface area contributed by atoms with E-state index >= 15 is 0 Å². The summed E-state index contributed by atoms with van der Waals surface area (Å²) in [6, 6.07) is 11.2. The fourth-order valence-corrected chi connectivity index (χ4v) is 4.19. The van der Waals surface area contributed by atoms with Gasteiger partial charge in [0.05, 0.1) is 30.6 Å². The number of primary amides is 2. The van der Waals surface area contributed by atoms with E-state index in [-0.39, 0.29) is 31.2 Å². The van der Waals surface area contributed by atoms with E-state index in [1.54, 1.807) is 4.90 Å². The van der Waals surface area contributed by atoms with E-state index in [0.717, 1.165) is 5.56 Å². The van der Waals surface area contributed by atoms with Crippen LogP contribution in [0.15, 0.2) is 30.3 Å². The molecular weight excluding hydrogens is 400 g/mol. The molecule has 1 spiro atoms. The number of nitriles is 1.